The number of amides is 1. The van der Waals surface area contributed by atoms with Crippen LogP contribution in [0.3, 0.4) is 0 Å². The van der Waals surface area contributed by atoms with Gasteiger partial charge in [0.2, 0.25) is 5.91 Å². The first-order chi connectivity index (χ1) is 11.2. The number of hydrogen-bond acceptors (Lipinski definition) is 3. The van der Waals surface area contributed by atoms with Crippen LogP contribution in [0.4, 0.5) is 0 Å². The monoisotopic (exact) mass is 328 g/mol. The zero-order chi connectivity index (χ0) is 15.8. The number of nitrogens with zero attached hydrogens (tertiary/aromatic N) is 1. The molecule has 2 saturated heterocycles. The normalized spacial score (nSPS) is 26.6. The summed E-state index contributed by atoms with van der Waals surface area (Å²) in [6, 6.07) is 9.78. The minimum atomic E-state index is 0.298. The summed E-state index contributed by atoms with van der Waals surface area (Å²) in [6.45, 7) is 0.723. The van der Waals surface area contributed by atoms with Crippen molar-refractivity contribution in [3.63, 3.8) is 0 Å². The van der Waals surface area contributed by atoms with Crippen LogP contribution in [0.5, 0.6) is 0 Å². The van der Waals surface area contributed by atoms with Crippen LogP contribution < -0.4 is 5.32 Å². The largest absolute Gasteiger partial charge is 0.341 e. The van der Waals surface area contributed by atoms with Gasteiger partial charge in [0.05, 0.1) is 0 Å². The molecule has 0 spiro atoms. The van der Waals surface area contributed by atoms with Crippen molar-refractivity contribution in [1.82, 2.24) is 10.2 Å². The molecule has 2 aromatic rings. The molecule has 2 bridgehead atoms. The van der Waals surface area contributed by atoms with Gasteiger partial charge < -0.3 is 10.2 Å². The number of benzene rings is 1. The second-order valence-electron chi connectivity index (χ2n) is 7.19. The Balaban J connectivity index is 1.38. The van der Waals surface area contributed by atoms with Crippen LogP contribution in [0.15, 0.2) is 29.6 Å². The molecule has 3 nitrogen and oxygen atoms in total. The molecule has 0 radical (unpaired) electrons. The third-order valence-electron chi connectivity index (χ3n) is 5.43. The predicted octanol–water partition coefficient (Wildman–Crippen LogP) is 3.78. The Morgan fingerprint density at radius 2 is 2.00 bits per heavy atom. The van der Waals surface area contributed by atoms with Crippen molar-refractivity contribution < 1.29 is 4.79 Å². The second-order valence-corrected chi connectivity index (χ2v) is 8.10. The van der Waals surface area contributed by atoms with Crippen molar-refractivity contribution in [2.75, 3.05) is 7.05 Å². The van der Waals surface area contributed by atoms with E-state index in [-0.39, 0.29) is 0 Å². The summed E-state index contributed by atoms with van der Waals surface area (Å²) < 4.78 is 1.30. The molecule has 0 saturated carbocycles. The highest BCUT2D eigenvalue weighted by molar-refractivity contribution is 7.17. The van der Waals surface area contributed by atoms with Gasteiger partial charge in [-0.1, -0.05) is 18.2 Å². The number of nitrogens with one attached hydrogen (secondary N) is 1. The van der Waals surface area contributed by atoms with Crippen LogP contribution in [0.2, 0.25) is 0 Å². The lowest BCUT2D eigenvalue weighted by atomic mass is 9.89. The second kappa shape index (κ2) is 6.25. The molecule has 2 aliphatic rings. The Morgan fingerprint density at radius 3 is 2.78 bits per heavy atom. The van der Waals surface area contributed by atoms with E-state index in [1.807, 2.05) is 11.9 Å². The van der Waals surface area contributed by atoms with Crippen molar-refractivity contribution in [2.24, 2.45) is 5.92 Å². The molecule has 0 aliphatic carbocycles. The SMILES string of the molecule is CN(Cc1csc2ccccc12)C(=O)CC1CC2CCC(C1)N2. The van der Waals surface area contributed by atoms with E-state index in [0.717, 1.165) is 6.54 Å². The van der Waals surface area contributed by atoms with Crippen molar-refractivity contribution >= 4 is 27.3 Å². The van der Waals surface area contributed by atoms with Gasteiger partial charge in [-0.3, -0.25) is 4.79 Å². The van der Waals surface area contributed by atoms with Gasteiger partial charge in [-0.15, -0.1) is 11.3 Å². The van der Waals surface area contributed by atoms with Crippen LogP contribution in [-0.2, 0) is 11.3 Å². The Morgan fingerprint density at radius 1 is 1.26 bits per heavy atom. The average molecular weight is 328 g/mol. The number of carbonyl (C=O) groups is 1. The van der Waals surface area contributed by atoms with E-state index in [0.29, 0.717) is 30.3 Å². The Hall–Kier alpha value is -1.39. The summed E-state index contributed by atoms with van der Waals surface area (Å²) in [6.07, 6.45) is 5.67. The molecule has 1 aromatic heterocycles. The molecular formula is C19H24N2OS. The maximum Gasteiger partial charge on any atom is 0.222 e. The molecule has 2 atom stereocenters. The maximum atomic E-state index is 12.6. The fraction of sp³-hybridized carbons (Fsp3) is 0.526. The first-order valence-electron chi connectivity index (χ1n) is 8.64. The van der Waals surface area contributed by atoms with Gasteiger partial charge in [0, 0.05) is 36.8 Å². The summed E-state index contributed by atoms with van der Waals surface area (Å²) in [5.74, 6) is 0.870. The highest BCUT2D eigenvalue weighted by atomic mass is 32.1. The first-order valence-corrected chi connectivity index (χ1v) is 9.52. The van der Waals surface area contributed by atoms with Gasteiger partial charge in [0.25, 0.3) is 0 Å². The Kier molecular flexibility index (Phi) is 4.12. The number of rotatable bonds is 4. The van der Waals surface area contributed by atoms with E-state index >= 15 is 0 Å². The standard InChI is InChI=1S/C19H24N2OS/c1-21(11-14-12-23-18-5-3-2-4-17(14)18)19(22)10-13-8-15-6-7-16(9-13)20-15/h2-5,12-13,15-16,20H,6-11H2,1H3. The molecule has 3 heterocycles. The number of thiophene rings is 1. The summed E-state index contributed by atoms with van der Waals surface area (Å²) in [4.78, 5) is 14.5. The van der Waals surface area contributed by atoms with E-state index < -0.39 is 0 Å². The van der Waals surface area contributed by atoms with Crippen LogP contribution in [0, 0.1) is 5.92 Å². The summed E-state index contributed by atoms with van der Waals surface area (Å²) in [7, 11) is 1.95. The van der Waals surface area contributed by atoms with Gasteiger partial charge >= 0.3 is 0 Å². The van der Waals surface area contributed by atoms with Crippen LogP contribution in [0.25, 0.3) is 10.1 Å². The average Bonchev–Trinajstić information content (AvgIpc) is 3.11. The lowest BCUT2D eigenvalue weighted by Gasteiger charge is -2.30. The van der Waals surface area contributed by atoms with E-state index in [1.165, 1.54) is 41.3 Å². The molecular weight excluding hydrogens is 304 g/mol. The number of hydrogen-bond donors (Lipinski definition) is 1. The van der Waals surface area contributed by atoms with E-state index in [9.17, 15) is 4.79 Å². The molecule has 4 rings (SSSR count). The Bertz CT molecular complexity index is 698. The smallest absolute Gasteiger partial charge is 0.222 e. The Labute approximate surface area is 141 Å². The van der Waals surface area contributed by atoms with Crippen molar-refractivity contribution in [2.45, 2.75) is 50.7 Å². The van der Waals surface area contributed by atoms with Crippen LogP contribution in [0.1, 0.15) is 37.7 Å². The van der Waals surface area contributed by atoms with E-state index in [4.69, 9.17) is 0 Å². The summed E-state index contributed by atoms with van der Waals surface area (Å²) in [5, 5.41) is 7.14. The molecule has 2 unspecified atom stereocenters. The molecule has 2 aliphatic heterocycles. The number of fused-ring (bicyclic) bond motifs is 3. The summed E-state index contributed by atoms with van der Waals surface area (Å²) in [5.41, 5.74) is 1.27. The quantitative estimate of drug-likeness (QED) is 0.926. The molecule has 122 valence electrons. The first kappa shape index (κ1) is 15.2. The maximum absolute atomic E-state index is 12.6. The lowest BCUT2D eigenvalue weighted by Crippen LogP contribution is -2.39. The summed E-state index contributed by atoms with van der Waals surface area (Å²) >= 11 is 1.77. The molecule has 23 heavy (non-hydrogen) atoms. The predicted molar refractivity (Wildman–Crippen MR) is 95.6 cm³/mol. The minimum absolute atomic E-state index is 0.298. The molecule has 1 aromatic carbocycles. The highest BCUT2D eigenvalue weighted by Crippen LogP contribution is 2.33. The van der Waals surface area contributed by atoms with Gasteiger partial charge in [0.15, 0.2) is 0 Å². The minimum Gasteiger partial charge on any atom is -0.341 e. The van der Waals surface area contributed by atoms with Crippen LogP contribution >= 0.6 is 11.3 Å². The third kappa shape index (κ3) is 3.15. The lowest BCUT2D eigenvalue weighted by molar-refractivity contribution is -0.131. The van der Waals surface area contributed by atoms with E-state index in [2.05, 4.69) is 35.0 Å². The number of piperidine rings is 1. The van der Waals surface area contributed by atoms with Gasteiger partial charge in [-0.05, 0) is 54.0 Å². The third-order valence-corrected chi connectivity index (χ3v) is 6.44. The van der Waals surface area contributed by atoms with Gasteiger partial charge in [-0.2, -0.15) is 0 Å². The fourth-order valence-electron chi connectivity index (χ4n) is 4.24. The zero-order valence-corrected chi connectivity index (χ0v) is 14.4. The van der Waals surface area contributed by atoms with Crippen LogP contribution in [-0.4, -0.2) is 29.9 Å². The van der Waals surface area contributed by atoms with E-state index in [1.54, 1.807) is 11.3 Å². The van der Waals surface area contributed by atoms with Gasteiger partial charge in [-0.25, -0.2) is 0 Å². The van der Waals surface area contributed by atoms with Crippen molar-refractivity contribution in [3.8, 4) is 0 Å². The molecule has 2 fully saturated rings. The van der Waals surface area contributed by atoms with Crippen molar-refractivity contribution in [3.05, 3.63) is 35.2 Å². The fourth-order valence-corrected chi connectivity index (χ4v) is 5.20. The van der Waals surface area contributed by atoms with Gasteiger partial charge in [0.1, 0.15) is 0 Å². The zero-order valence-electron chi connectivity index (χ0n) is 13.6. The molecule has 4 heteroatoms. The topological polar surface area (TPSA) is 32.3 Å². The number of carbonyl (C=O) groups excluding carboxylic acids is 1. The highest BCUT2D eigenvalue weighted by Gasteiger charge is 2.34. The molecule has 1 N–H and O–H groups in total. The van der Waals surface area contributed by atoms with Crippen molar-refractivity contribution in [1.29, 1.82) is 0 Å². The molecule has 1 amide bonds.